The number of nitrogens with one attached hydrogen (secondary N) is 1. The van der Waals surface area contributed by atoms with Crippen LogP contribution in [0.3, 0.4) is 0 Å². The summed E-state index contributed by atoms with van der Waals surface area (Å²) in [5.41, 5.74) is 7.79. The maximum absolute atomic E-state index is 5.47. The molecule has 1 aromatic heterocycles. The van der Waals surface area contributed by atoms with Gasteiger partial charge in [-0.2, -0.15) is 5.10 Å². The third-order valence-corrected chi connectivity index (χ3v) is 2.62. The number of hydrogen-bond acceptors (Lipinski definition) is 3. The van der Waals surface area contributed by atoms with Gasteiger partial charge in [0, 0.05) is 5.39 Å². The first-order valence-corrected chi connectivity index (χ1v) is 5.12. The Bertz CT molecular complexity index is 436. The van der Waals surface area contributed by atoms with Crippen LogP contribution in [0.15, 0.2) is 23.2 Å². The summed E-state index contributed by atoms with van der Waals surface area (Å²) in [5, 5.41) is 8.80. The fourth-order valence-electron chi connectivity index (χ4n) is 1.51. The van der Waals surface area contributed by atoms with Crippen LogP contribution in [-0.2, 0) is 6.42 Å². The van der Waals surface area contributed by atoms with Crippen molar-refractivity contribution in [3.05, 3.63) is 23.8 Å². The lowest BCUT2D eigenvalue weighted by Crippen LogP contribution is -2.00. The molecule has 4 heteroatoms. The highest BCUT2D eigenvalue weighted by atomic mass is 32.1. The normalized spacial score (nSPS) is 11.0. The van der Waals surface area contributed by atoms with Crippen molar-refractivity contribution in [2.24, 2.45) is 5.73 Å². The Kier molecular flexibility index (Phi) is 2.74. The van der Waals surface area contributed by atoms with E-state index < -0.39 is 0 Å². The SMILES string of the molecule is NCCCc1ccc2[nH]nc(S)c2c1. The van der Waals surface area contributed by atoms with Crippen LogP contribution in [0.1, 0.15) is 12.0 Å². The quantitative estimate of drug-likeness (QED) is 0.671. The molecule has 0 fully saturated rings. The molecule has 3 N–H and O–H groups in total. The Balaban J connectivity index is 2.34. The average Bonchev–Trinajstić information content (AvgIpc) is 2.57. The summed E-state index contributed by atoms with van der Waals surface area (Å²) in [6.07, 6.45) is 2.04. The Morgan fingerprint density at radius 3 is 3.07 bits per heavy atom. The summed E-state index contributed by atoms with van der Waals surface area (Å²) in [6.45, 7) is 0.733. The third kappa shape index (κ3) is 1.76. The van der Waals surface area contributed by atoms with Gasteiger partial charge in [0.15, 0.2) is 0 Å². The van der Waals surface area contributed by atoms with E-state index in [1.807, 2.05) is 6.07 Å². The molecular weight excluding hydrogens is 194 g/mol. The second-order valence-electron chi connectivity index (χ2n) is 3.32. The molecule has 0 saturated heterocycles. The summed E-state index contributed by atoms with van der Waals surface area (Å²) >= 11 is 4.27. The molecule has 0 aliphatic carbocycles. The number of fused-ring (bicyclic) bond motifs is 1. The lowest BCUT2D eigenvalue weighted by molar-refractivity contribution is 0.833. The van der Waals surface area contributed by atoms with E-state index in [2.05, 4.69) is 35.0 Å². The average molecular weight is 207 g/mol. The molecule has 1 heterocycles. The van der Waals surface area contributed by atoms with Crippen molar-refractivity contribution in [1.29, 1.82) is 0 Å². The predicted octanol–water partition coefficient (Wildman–Crippen LogP) is 1.74. The number of aromatic amines is 1. The highest BCUT2D eigenvalue weighted by molar-refractivity contribution is 7.80. The smallest absolute Gasteiger partial charge is 0.123 e. The molecule has 0 aliphatic heterocycles. The van der Waals surface area contributed by atoms with Gasteiger partial charge in [-0.05, 0) is 37.1 Å². The molecule has 3 nitrogen and oxygen atoms in total. The first-order chi connectivity index (χ1) is 6.81. The largest absolute Gasteiger partial charge is 0.330 e. The van der Waals surface area contributed by atoms with E-state index >= 15 is 0 Å². The fraction of sp³-hybridized carbons (Fsp3) is 0.300. The molecule has 0 atom stereocenters. The van der Waals surface area contributed by atoms with E-state index in [1.165, 1.54) is 5.56 Å². The van der Waals surface area contributed by atoms with Gasteiger partial charge < -0.3 is 5.73 Å². The van der Waals surface area contributed by atoms with Crippen LogP contribution >= 0.6 is 12.6 Å². The first-order valence-electron chi connectivity index (χ1n) is 4.67. The number of rotatable bonds is 3. The van der Waals surface area contributed by atoms with Gasteiger partial charge in [0.1, 0.15) is 5.03 Å². The first kappa shape index (κ1) is 9.55. The highest BCUT2D eigenvalue weighted by Gasteiger charge is 2.02. The molecule has 74 valence electrons. The minimum atomic E-state index is 0.733. The molecule has 1 aromatic carbocycles. The Labute approximate surface area is 88.1 Å². The van der Waals surface area contributed by atoms with E-state index in [4.69, 9.17) is 5.73 Å². The zero-order chi connectivity index (χ0) is 9.97. The molecular formula is C10H13N3S. The lowest BCUT2D eigenvalue weighted by atomic mass is 10.1. The van der Waals surface area contributed by atoms with Crippen molar-refractivity contribution in [3.8, 4) is 0 Å². The second-order valence-corrected chi connectivity index (χ2v) is 3.74. The number of hydrogen-bond donors (Lipinski definition) is 3. The van der Waals surface area contributed by atoms with Gasteiger partial charge in [-0.3, -0.25) is 5.10 Å². The van der Waals surface area contributed by atoms with Crippen molar-refractivity contribution < 1.29 is 0 Å². The van der Waals surface area contributed by atoms with E-state index in [0.717, 1.165) is 35.3 Å². The summed E-state index contributed by atoms with van der Waals surface area (Å²) in [7, 11) is 0. The van der Waals surface area contributed by atoms with Crippen molar-refractivity contribution in [1.82, 2.24) is 10.2 Å². The van der Waals surface area contributed by atoms with Gasteiger partial charge in [0.05, 0.1) is 5.52 Å². The summed E-state index contributed by atoms with van der Waals surface area (Å²) in [6, 6.07) is 6.26. The van der Waals surface area contributed by atoms with Crippen LogP contribution in [0.25, 0.3) is 10.9 Å². The van der Waals surface area contributed by atoms with E-state index in [-0.39, 0.29) is 0 Å². The maximum Gasteiger partial charge on any atom is 0.123 e. The van der Waals surface area contributed by atoms with Crippen LogP contribution in [0.4, 0.5) is 0 Å². The van der Waals surface area contributed by atoms with Crippen LogP contribution in [0.5, 0.6) is 0 Å². The molecule has 0 unspecified atom stereocenters. The number of H-pyrrole nitrogens is 1. The summed E-state index contributed by atoms with van der Waals surface area (Å²) in [4.78, 5) is 0. The van der Waals surface area contributed by atoms with Gasteiger partial charge in [0.25, 0.3) is 0 Å². The van der Waals surface area contributed by atoms with Gasteiger partial charge in [-0.15, -0.1) is 12.6 Å². The van der Waals surface area contributed by atoms with Crippen molar-refractivity contribution in [2.45, 2.75) is 17.9 Å². The molecule has 0 radical (unpaired) electrons. The highest BCUT2D eigenvalue weighted by Crippen LogP contribution is 2.20. The van der Waals surface area contributed by atoms with Crippen molar-refractivity contribution >= 4 is 23.5 Å². The number of thiol groups is 1. The number of aryl methyl sites for hydroxylation is 1. The lowest BCUT2D eigenvalue weighted by Gasteiger charge is -1.99. The molecule has 2 rings (SSSR count). The molecule has 0 aliphatic rings. The molecule has 14 heavy (non-hydrogen) atoms. The molecule has 0 saturated carbocycles. The van der Waals surface area contributed by atoms with Crippen molar-refractivity contribution in [2.75, 3.05) is 6.54 Å². The Morgan fingerprint density at radius 1 is 1.43 bits per heavy atom. The van der Waals surface area contributed by atoms with E-state index in [0.29, 0.717) is 0 Å². The topological polar surface area (TPSA) is 54.7 Å². The number of aromatic nitrogens is 2. The zero-order valence-electron chi connectivity index (χ0n) is 7.83. The van der Waals surface area contributed by atoms with Crippen LogP contribution in [0.2, 0.25) is 0 Å². The number of nitrogens with two attached hydrogens (primary N) is 1. The zero-order valence-corrected chi connectivity index (χ0v) is 8.72. The fourth-order valence-corrected chi connectivity index (χ4v) is 1.74. The van der Waals surface area contributed by atoms with Gasteiger partial charge in [-0.1, -0.05) is 6.07 Å². The van der Waals surface area contributed by atoms with E-state index in [1.54, 1.807) is 0 Å². The predicted molar refractivity (Wildman–Crippen MR) is 60.7 cm³/mol. The Hall–Kier alpha value is -1.000. The van der Waals surface area contributed by atoms with Gasteiger partial charge >= 0.3 is 0 Å². The van der Waals surface area contributed by atoms with Gasteiger partial charge in [0.2, 0.25) is 0 Å². The molecule has 0 amide bonds. The van der Waals surface area contributed by atoms with Crippen LogP contribution in [-0.4, -0.2) is 16.7 Å². The maximum atomic E-state index is 5.47. The molecule has 0 spiro atoms. The van der Waals surface area contributed by atoms with E-state index in [9.17, 15) is 0 Å². The van der Waals surface area contributed by atoms with Crippen LogP contribution < -0.4 is 5.73 Å². The standard InChI is InChI=1S/C10H13N3S/c11-5-1-2-7-3-4-9-8(6-7)10(14)13-12-9/h3-4,6H,1-2,5,11H2,(H2,12,13,14). The number of nitrogens with zero attached hydrogens (tertiary/aromatic N) is 1. The molecule has 2 aromatic rings. The summed E-state index contributed by atoms with van der Waals surface area (Å²) < 4.78 is 0. The monoisotopic (exact) mass is 207 g/mol. The Morgan fingerprint density at radius 2 is 2.29 bits per heavy atom. The minimum absolute atomic E-state index is 0.733. The summed E-state index contributed by atoms with van der Waals surface area (Å²) in [5.74, 6) is 0. The number of benzene rings is 1. The second kappa shape index (κ2) is 4.02. The van der Waals surface area contributed by atoms with Crippen LogP contribution in [0, 0.1) is 0 Å². The minimum Gasteiger partial charge on any atom is -0.330 e. The van der Waals surface area contributed by atoms with Gasteiger partial charge in [-0.25, -0.2) is 0 Å². The molecule has 0 bridgehead atoms. The third-order valence-electron chi connectivity index (χ3n) is 2.28. The van der Waals surface area contributed by atoms with Crippen molar-refractivity contribution in [3.63, 3.8) is 0 Å².